The molecule has 0 saturated heterocycles. The third kappa shape index (κ3) is 2.73. The minimum absolute atomic E-state index is 0.178. The quantitative estimate of drug-likeness (QED) is 0.840. The molecule has 19 heavy (non-hydrogen) atoms. The van der Waals surface area contributed by atoms with Gasteiger partial charge < -0.3 is 5.73 Å². The van der Waals surface area contributed by atoms with Crippen LogP contribution in [0.1, 0.15) is 38.2 Å². The van der Waals surface area contributed by atoms with Crippen molar-refractivity contribution in [2.24, 2.45) is 0 Å². The molecule has 0 amide bonds. The van der Waals surface area contributed by atoms with Crippen molar-refractivity contribution in [2.45, 2.75) is 50.0 Å². The summed E-state index contributed by atoms with van der Waals surface area (Å²) in [5.41, 5.74) is 6.43. The zero-order chi connectivity index (χ0) is 14.3. The molecule has 0 radical (unpaired) electrons. The first-order valence-corrected chi connectivity index (χ1v) is 8.25. The van der Waals surface area contributed by atoms with Gasteiger partial charge in [-0.05, 0) is 50.3 Å². The molecule has 1 saturated carbocycles. The first-order chi connectivity index (χ1) is 8.80. The molecule has 1 aliphatic rings. The number of anilines is 1. The van der Waals surface area contributed by atoms with E-state index in [-0.39, 0.29) is 10.4 Å². The first kappa shape index (κ1) is 14.6. The fourth-order valence-electron chi connectivity index (χ4n) is 2.42. The van der Waals surface area contributed by atoms with Crippen LogP contribution in [0.5, 0.6) is 0 Å². The van der Waals surface area contributed by atoms with E-state index < -0.39 is 10.0 Å². The van der Waals surface area contributed by atoms with Crippen LogP contribution in [-0.2, 0) is 10.0 Å². The third-order valence-electron chi connectivity index (χ3n) is 3.99. The monoisotopic (exact) mass is 302 g/mol. The van der Waals surface area contributed by atoms with Gasteiger partial charge >= 0.3 is 0 Å². The molecule has 0 spiro atoms. The van der Waals surface area contributed by atoms with Gasteiger partial charge in [-0.15, -0.1) is 0 Å². The Kier molecular flexibility index (Phi) is 3.82. The Bertz CT molecular complexity index is 589. The van der Waals surface area contributed by atoms with Crippen LogP contribution in [0.3, 0.4) is 0 Å². The smallest absolute Gasteiger partial charge is 0.241 e. The van der Waals surface area contributed by atoms with E-state index >= 15 is 0 Å². The number of hydrogen-bond acceptors (Lipinski definition) is 3. The SMILES string of the molecule is CCC1(NS(=O)(=O)c2cc(Cl)cc(N)c2C)CCC1. The van der Waals surface area contributed by atoms with Gasteiger partial charge in [-0.3, -0.25) is 0 Å². The largest absolute Gasteiger partial charge is 0.398 e. The number of nitrogens with two attached hydrogens (primary N) is 1. The summed E-state index contributed by atoms with van der Waals surface area (Å²) in [6, 6.07) is 3.02. The molecule has 1 aromatic carbocycles. The van der Waals surface area contributed by atoms with Crippen molar-refractivity contribution in [3.8, 4) is 0 Å². The maximum Gasteiger partial charge on any atom is 0.241 e. The number of benzene rings is 1. The van der Waals surface area contributed by atoms with Crippen LogP contribution in [0.4, 0.5) is 5.69 Å². The molecule has 0 bridgehead atoms. The van der Waals surface area contributed by atoms with E-state index in [1.165, 1.54) is 6.07 Å². The normalized spacial score (nSPS) is 18.1. The molecule has 0 atom stereocenters. The molecule has 0 heterocycles. The van der Waals surface area contributed by atoms with Crippen molar-refractivity contribution >= 4 is 27.3 Å². The van der Waals surface area contributed by atoms with Crippen molar-refractivity contribution < 1.29 is 8.42 Å². The molecule has 6 heteroatoms. The molecule has 1 aromatic rings. The molecular weight excluding hydrogens is 284 g/mol. The number of nitrogens with one attached hydrogen (secondary N) is 1. The lowest BCUT2D eigenvalue weighted by molar-refractivity contribution is 0.214. The van der Waals surface area contributed by atoms with Crippen LogP contribution in [0.2, 0.25) is 5.02 Å². The summed E-state index contributed by atoms with van der Waals surface area (Å²) >= 11 is 5.91. The Morgan fingerprint density at radius 3 is 2.53 bits per heavy atom. The number of halogens is 1. The van der Waals surface area contributed by atoms with Crippen molar-refractivity contribution in [3.05, 3.63) is 22.7 Å². The fourth-order valence-corrected chi connectivity index (χ4v) is 4.55. The number of sulfonamides is 1. The lowest BCUT2D eigenvalue weighted by Crippen LogP contribution is -2.52. The summed E-state index contributed by atoms with van der Waals surface area (Å²) in [5, 5.41) is 0.336. The third-order valence-corrected chi connectivity index (χ3v) is 5.92. The molecule has 0 aromatic heterocycles. The van der Waals surface area contributed by atoms with Gasteiger partial charge in [-0.25, -0.2) is 13.1 Å². The first-order valence-electron chi connectivity index (χ1n) is 6.39. The van der Waals surface area contributed by atoms with E-state index in [1.807, 2.05) is 6.92 Å². The number of nitrogen functional groups attached to an aromatic ring is 1. The van der Waals surface area contributed by atoms with E-state index in [4.69, 9.17) is 17.3 Å². The Morgan fingerprint density at radius 1 is 1.42 bits per heavy atom. The molecule has 4 nitrogen and oxygen atoms in total. The van der Waals surface area contributed by atoms with Gasteiger partial charge in [0.25, 0.3) is 0 Å². The molecule has 0 aliphatic heterocycles. The van der Waals surface area contributed by atoms with Crippen LogP contribution in [-0.4, -0.2) is 14.0 Å². The highest BCUT2D eigenvalue weighted by molar-refractivity contribution is 7.89. The highest BCUT2D eigenvalue weighted by atomic mass is 35.5. The van der Waals surface area contributed by atoms with Gasteiger partial charge in [0.1, 0.15) is 0 Å². The lowest BCUT2D eigenvalue weighted by Gasteiger charge is -2.41. The second-order valence-electron chi connectivity index (χ2n) is 5.21. The summed E-state index contributed by atoms with van der Waals surface area (Å²) in [6.45, 7) is 3.69. The Balaban J connectivity index is 2.40. The maximum atomic E-state index is 12.5. The summed E-state index contributed by atoms with van der Waals surface area (Å²) < 4.78 is 27.8. The average molecular weight is 303 g/mol. The minimum Gasteiger partial charge on any atom is -0.398 e. The number of rotatable bonds is 4. The molecule has 1 aliphatic carbocycles. The van der Waals surface area contributed by atoms with E-state index in [0.29, 0.717) is 16.3 Å². The Hall–Kier alpha value is -0.780. The van der Waals surface area contributed by atoms with E-state index in [2.05, 4.69) is 4.72 Å². The fraction of sp³-hybridized carbons (Fsp3) is 0.538. The molecule has 0 unspecified atom stereocenters. The number of hydrogen-bond donors (Lipinski definition) is 2. The predicted octanol–water partition coefficient (Wildman–Crippen LogP) is 2.84. The summed E-state index contributed by atoms with van der Waals surface area (Å²) in [4.78, 5) is 0.178. The minimum atomic E-state index is -3.58. The van der Waals surface area contributed by atoms with Crippen molar-refractivity contribution in [1.29, 1.82) is 0 Å². The van der Waals surface area contributed by atoms with E-state index in [0.717, 1.165) is 25.7 Å². The van der Waals surface area contributed by atoms with Gasteiger partial charge in [0, 0.05) is 16.2 Å². The zero-order valence-corrected chi connectivity index (χ0v) is 12.7. The second-order valence-corrected chi connectivity index (χ2v) is 7.30. The summed E-state index contributed by atoms with van der Waals surface area (Å²) in [6.07, 6.45) is 3.63. The molecule has 3 N–H and O–H groups in total. The van der Waals surface area contributed by atoms with Crippen LogP contribution in [0.25, 0.3) is 0 Å². The zero-order valence-electron chi connectivity index (χ0n) is 11.2. The van der Waals surface area contributed by atoms with Crippen LogP contribution >= 0.6 is 11.6 Å². The molecule has 106 valence electrons. The van der Waals surface area contributed by atoms with Gasteiger partial charge in [0.2, 0.25) is 10.0 Å². The highest BCUT2D eigenvalue weighted by Crippen LogP contribution is 2.37. The van der Waals surface area contributed by atoms with Crippen molar-refractivity contribution in [1.82, 2.24) is 4.72 Å². The van der Waals surface area contributed by atoms with Crippen molar-refractivity contribution in [3.63, 3.8) is 0 Å². The van der Waals surface area contributed by atoms with Crippen LogP contribution in [0.15, 0.2) is 17.0 Å². The standard InChI is InChI=1S/C13H19ClN2O2S/c1-3-13(5-4-6-13)16-19(17,18)12-8-10(14)7-11(15)9(12)2/h7-8,16H,3-6,15H2,1-2H3. The van der Waals surface area contributed by atoms with Gasteiger partial charge in [-0.2, -0.15) is 0 Å². The van der Waals surface area contributed by atoms with Gasteiger partial charge in [0.15, 0.2) is 0 Å². The second kappa shape index (κ2) is 4.96. The van der Waals surface area contributed by atoms with Gasteiger partial charge in [-0.1, -0.05) is 18.5 Å². The highest BCUT2D eigenvalue weighted by Gasteiger charge is 2.39. The van der Waals surface area contributed by atoms with Crippen molar-refractivity contribution in [2.75, 3.05) is 5.73 Å². The molecule has 1 fully saturated rings. The molecule has 2 rings (SSSR count). The van der Waals surface area contributed by atoms with Gasteiger partial charge in [0.05, 0.1) is 4.90 Å². The van der Waals surface area contributed by atoms with Crippen LogP contribution in [0, 0.1) is 6.92 Å². The Morgan fingerprint density at radius 2 is 2.05 bits per heavy atom. The maximum absolute atomic E-state index is 12.5. The van der Waals surface area contributed by atoms with E-state index in [1.54, 1.807) is 13.0 Å². The Labute approximate surface area is 119 Å². The summed E-state index contributed by atoms with van der Waals surface area (Å²) in [7, 11) is -3.58. The molecular formula is C13H19ClN2O2S. The van der Waals surface area contributed by atoms with Crippen LogP contribution < -0.4 is 10.5 Å². The lowest BCUT2D eigenvalue weighted by atomic mass is 9.76. The predicted molar refractivity (Wildman–Crippen MR) is 77.8 cm³/mol. The summed E-state index contributed by atoms with van der Waals surface area (Å²) in [5.74, 6) is 0. The average Bonchev–Trinajstić information content (AvgIpc) is 2.28. The topological polar surface area (TPSA) is 72.2 Å². The van der Waals surface area contributed by atoms with E-state index in [9.17, 15) is 8.42 Å².